The van der Waals surface area contributed by atoms with Crippen molar-refractivity contribution in [3.8, 4) is 0 Å². The molecule has 0 aliphatic heterocycles. The molecule has 0 amide bonds. The van der Waals surface area contributed by atoms with Gasteiger partial charge < -0.3 is 5.11 Å². The number of aliphatic hydroxyl groups is 1. The minimum atomic E-state index is -0.619. The average Bonchev–Trinajstić information content (AvgIpc) is 1.65. The van der Waals surface area contributed by atoms with Crippen LogP contribution in [0.5, 0.6) is 0 Å². The van der Waals surface area contributed by atoms with E-state index in [0.29, 0.717) is 0 Å². The molecule has 1 nitrogen and oxygen atoms in total. The van der Waals surface area contributed by atoms with Gasteiger partial charge in [-0.25, -0.2) is 0 Å². The Bertz CT molecular complexity index is 45.3. The normalized spacial score (nSPS) is 18.9. The maximum atomic E-state index is 8.58. The second-order valence-electron chi connectivity index (χ2n) is 1.49. The molecule has 2 atom stereocenters. The smallest absolute Gasteiger partial charge is 0.0704 e. The van der Waals surface area contributed by atoms with Crippen molar-refractivity contribution in [2.24, 2.45) is 0 Å². The van der Waals surface area contributed by atoms with Crippen molar-refractivity contribution in [2.75, 3.05) is 0 Å². The molecule has 0 bridgehead atoms. The van der Waals surface area contributed by atoms with Crippen LogP contribution in [-0.2, 0) is 0 Å². The zero-order valence-electron chi connectivity index (χ0n) is 4.39. The third-order valence-electron chi connectivity index (χ3n) is 0.808. The molecule has 0 fully saturated rings. The van der Waals surface area contributed by atoms with E-state index in [1.54, 1.807) is 0 Å². The van der Waals surface area contributed by atoms with Crippen molar-refractivity contribution >= 4 is 11.6 Å². The number of aliphatic hydroxyl groups excluding tert-OH is 1. The molecule has 0 saturated carbocycles. The molecule has 7 heavy (non-hydrogen) atoms. The van der Waals surface area contributed by atoms with E-state index in [2.05, 4.69) is 6.92 Å². The lowest BCUT2D eigenvalue weighted by Crippen LogP contribution is -2.15. The topological polar surface area (TPSA) is 20.2 Å². The molecule has 0 aromatic heterocycles. The van der Waals surface area contributed by atoms with Crippen LogP contribution in [0.4, 0.5) is 0 Å². The molecule has 0 aliphatic carbocycles. The molecule has 0 aromatic rings. The van der Waals surface area contributed by atoms with Gasteiger partial charge in [0.1, 0.15) is 0 Å². The summed E-state index contributed by atoms with van der Waals surface area (Å²) in [7, 11) is 0. The molecule has 1 radical (unpaired) electrons. The summed E-state index contributed by atoms with van der Waals surface area (Å²) in [5.41, 5.74) is 0. The van der Waals surface area contributed by atoms with Crippen LogP contribution < -0.4 is 0 Å². The Kier molecular flexibility index (Phi) is 3.39. The van der Waals surface area contributed by atoms with Crippen molar-refractivity contribution in [3.05, 3.63) is 6.92 Å². The zero-order chi connectivity index (χ0) is 5.86. The molecule has 0 heterocycles. The van der Waals surface area contributed by atoms with E-state index in [0.717, 1.165) is 6.42 Å². The number of hydrogen-bond acceptors (Lipinski definition) is 1. The summed E-state index contributed by atoms with van der Waals surface area (Å²) in [6, 6.07) is 0. The molecule has 2 heteroatoms. The van der Waals surface area contributed by atoms with E-state index in [4.69, 9.17) is 16.7 Å². The fourth-order valence-corrected chi connectivity index (χ4v) is 0.272. The summed E-state index contributed by atoms with van der Waals surface area (Å²) in [4.78, 5) is 0. The molecule has 43 valence electrons. The first-order chi connectivity index (χ1) is 3.18. The quantitative estimate of drug-likeness (QED) is 0.545. The number of halogens is 1. The molecule has 1 N–H and O–H groups in total. The highest BCUT2D eigenvalue weighted by atomic mass is 35.5. The Morgan fingerprint density at radius 1 is 1.86 bits per heavy atom. The van der Waals surface area contributed by atoms with Crippen molar-refractivity contribution in [3.63, 3.8) is 0 Å². The van der Waals surface area contributed by atoms with Gasteiger partial charge in [-0.1, -0.05) is 6.92 Å². The van der Waals surface area contributed by atoms with Gasteiger partial charge in [0.15, 0.2) is 0 Å². The summed E-state index contributed by atoms with van der Waals surface area (Å²) in [5.74, 6) is 0. The van der Waals surface area contributed by atoms with E-state index in [-0.39, 0.29) is 5.38 Å². The van der Waals surface area contributed by atoms with Crippen molar-refractivity contribution < 1.29 is 5.11 Å². The molecule has 0 aromatic carbocycles. The van der Waals surface area contributed by atoms with Crippen molar-refractivity contribution in [2.45, 2.75) is 24.8 Å². The molecule has 0 aliphatic rings. The van der Waals surface area contributed by atoms with E-state index in [1.807, 2.05) is 6.92 Å². The number of rotatable bonds is 2. The predicted molar refractivity (Wildman–Crippen MR) is 31.3 cm³/mol. The highest BCUT2D eigenvalue weighted by Crippen LogP contribution is 2.04. The Hall–Kier alpha value is 0.250. The minimum absolute atomic E-state index is 0.181. The summed E-state index contributed by atoms with van der Waals surface area (Å²) in [5, 5.41) is 8.40. The predicted octanol–water partition coefficient (Wildman–Crippen LogP) is 1.20. The summed E-state index contributed by atoms with van der Waals surface area (Å²) < 4.78 is 0. The highest BCUT2D eigenvalue weighted by molar-refractivity contribution is 6.21. The van der Waals surface area contributed by atoms with Crippen LogP contribution >= 0.6 is 11.6 Å². The van der Waals surface area contributed by atoms with Gasteiger partial charge in [-0.05, 0) is 13.3 Å². The van der Waals surface area contributed by atoms with Crippen molar-refractivity contribution in [1.29, 1.82) is 0 Å². The van der Waals surface area contributed by atoms with Crippen molar-refractivity contribution in [1.82, 2.24) is 0 Å². The third kappa shape index (κ3) is 2.89. The Balaban J connectivity index is 3.14. The first-order valence-corrected chi connectivity index (χ1v) is 2.77. The Labute approximate surface area is 49.3 Å². The van der Waals surface area contributed by atoms with Crippen LogP contribution in [0.3, 0.4) is 0 Å². The number of hydrogen-bond donors (Lipinski definition) is 1. The van der Waals surface area contributed by atoms with Gasteiger partial charge in [-0.15, -0.1) is 11.6 Å². The lowest BCUT2D eigenvalue weighted by Gasteiger charge is -2.06. The third-order valence-corrected chi connectivity index (χ3v) is 1.41. The highest BCUT2D eigenvalue weighted by Gasteiger charge is 2.06. The van der Waals surface area contributed by atoms with Gasteiger partial charge in [-0.3, -0.25) is 0 Å². The van der Waals surface area contributed by atoms with Crippen LogP contribution in [0.25, 0.3) is 0 Å². The lowest BCUT2D eigenvalue weighted by molar-refractivity contribution is 0.213. The lowest BCUT2D eigenvalue weighted by atomic mass is 10.2. The van der Waals surface area contributed by atoms with E-state index in [1.165, 1.54) is 0 Å². The molecular weight excluding hydrogens is 112 g/mol. The molecule has 0 rings (SSSR count). The fourth-order valence-electron chi connectivity index (χ4n) is 0.272. The molecule has 2 unspecified atom stereocenters. The van der Waals surface area contributed by atoms with Crippen LogP contribution in [0.2, 0.25) is 0 Å². The van der Waals surface area contributed by atoms with Crippen LogP contribution in [0.15, 0.2) is 0 Å². The monoisotopic (exact) mass is 121 g/mol. The van der Waals surface area contributed by atoms with Crippen LogP contribution in [0, 0.1) is 6.92 Å². The van der Waals surface area contributed by atoms with Gasteiger partial charge in [-0.2, -0.15) is 0 Å². The summed E-state index contributed by atoms with van der Waals surface area (Å²) >= 11 is 5.49. The van der Waals surface area contributed by atoms with E-state index < -0.39 is 6.10 Å². The standard InChI is InChI=1S/C5H10ClO/c1-3-5(6)4(2)7/h4-5,7H,2-3H2,1H3. The van der Waals surface area contributed by atoms with E-state index >= 15 is 0 Å². The van der Waals surface area contributed by atoms with E-state index in [9.17, 15) is 0 Å². The van der Waals surface area contributed by atoms with Gasteiger partial charge in [0.2, 0.25) is 0 Å². The van der Waals surface area contributed by atoms with Crippen LogP contribution in [-0.4, -0.2) is 16.6 Å². The average molecular weight is 122 g/mol. The number of alkyl halides is 1. The SMILES string of the molecule is [CH2]C(O)C(Cl)CC. The van der Waals surface area contributed by atoms with Crippen LogP contribution in [0.1, 0.15) is 13.3 Å². The maximum absolute atomic E-state index is 8.58. The second kappa shape index (κ2) is 3.28. The fraction of sp³-hybridized carbons (Fsp3) is 0.800. The summed E-state index contributed by atoms with van der Waals surface area (Å²) in [6.45, 7) is 5.24. The first-order valence-electron chi connectivity index (χ1n) is 2.33. The zero-order valence-corrected chi connectivity index (χ0v) is 5.15. The maximum Gasteiger partial charge on any atom is 0.0704 e. The first kappa shape index (κ1) is 7.25. The van der Waals surface area contributed by atoms with Gasteiger partial charge in [0, 0.05) is 0 Å². The molecule has 0 spiro atoms. The minimum Gasteiger partial charge on any atom is -0.392 e. The van der Waals surface area contributed by atoms with Gasteiger partial charge in [0.25, 0.3) is 0 Å². The Morgan fingerprint density at radius 3 is 2.29 bits per heavy atom. The van der Waals surface area contributed by atoms with Gasteiger partial charge >= 0.3 is 0 Å². The van der Waals surface area contributed by atoms with Gasteiger partial charge in [0.05, 0.1) is 11.5 Å². The molecule has 0 saturated heterocycles. The largest absolute Gasteiger partial charge is 0.392 e. The summed E-state index contributed by atoms with van der Waals surface area (Å²) in [6.07, 6.45) is 0.151. The molecular formula is C5H10ClO. The Morgan fingerprint density at radius 2 is 2.29 bits per heavy atom. The second-order valence-corrected chi connectivity index (χ2v) is 2.05.